The molecule has 0 bridgehead atoms. The van der Waals surface area contributed by atoms with E-state index in [9.17, 15) is 4.79 Å². The van der Waals surface area contributed by atoms with Crippen LogP contribution in [0.5, 0.6) is 11.5 Å². The van der Waals surface area contributed by atoms with E-state index < -0.39 is 0 Å². The van der Waals surface area contributed by atoms with Crippen molar-refractivity contribution in [3.8, 4) is 11.5 Å². The van der Waals surface area contributed by atoms with E-state index in [1.165, 1.54) is 11.1 Å². The summed E-state index contributed by atoms with van der Waals surface area (Å²) in [5.74, 6) is 1.82. The average Bonchev–Trinajstić information content (AvgIpc) is 2.93. The van der Waals surface area contributed by atoms with Gasteiger partial charge < -0.3 is 9.47 Å². The highest BCUT2D eigenvalue weighted by Crippen LogP contribution is 2.37. The molecule has 0 amide bonds. The molecule has 9 heteroatoms. The summed E-state index contributed by atoms with van der Waals surface area (Å²) >= 11 is 13.5. The van der Waals surface area contributed by atoms with Crippen LogP contribution >= 0.6 is 43.5 Å². The van der Waals surface area contributed by atoms with Crippen LogP contribution in [0.2, 0.25) is 5.02 Å². The van der Waals surface area contributed by atoms with Gasteiger partial charge in [0.2, 0.25) is 0 Å². The normalized spacial score (nSPS) is 14.3. The van der Waals surface area contributed by atoms with Crippen LogP contribution in [0.1, 0.15) is 55.0 Å². The Labute approximate surface area is 242 Å². The first-order valence-corrected chi connectivity index (χ1v) is 14.4. The van der Waals surface area contributed by atoms with E-state index in [4.69, 9.17) is 26.1 Å². The number of aromatic nitrogens is 2. The van der Waals surface area contributed by atoms with Crippen LogP contribution in [0, 0.1) is 0 Å². The zero-order chi connectivity index (χ0) is 26.6. The highest BCUT2D eigenvalue weighted by molar-refractivity contribution is 9.10. The quantitative estimate of drug-likeness (QED) is 0.188. The Bertz CT molecular complexity index is 1550. The summed E-state index contributed by atoms with van der Waals surface area (Å²) in [6, 6.07) is 17.0. The number of ether oxygens (including phenoxy) is 2. The Morgan fingerprint density at radius 1 is 1.05 bits per heavy atom. The number of nitrogens with zero attached hydrogens (tertiary/aromatic N) is 3. The van der Waals surface area contributed by atoms with Crippen molar-refractivity contribution in [3.05, 3.63) is 95.9 Å². The van der Waals surface area contributed by atoms with Gasteiger partial charge in [-0.1, -0.05) is 74.9 Å². The number of halogens is 3. The summed E-state index contributed by atoms with van der Waals surface area (Å²) in [7, 11) is 1.57. The minimum atomic E-state index is -0.194. The Balaban J connectivity index is 1.49. The number of rotatable bonds is 7. The predicted octanol–water partition coefficient (Wildman–Crippen LogP) is 8.09. The molecule has 1 aromatic heterocycles. The summed E-state index contributed by atoms with van der Waals surface area (Å²) in [6.45, 7) is 0.343. The predicted molar refractivity (Wildman–Crippen MR) is 159 cm³/mol. The average molecular weight is 660 g/mol. The molecule has 3 aromatic carbocycles. The molecule has 0 atom stereocenters. The molecule has 0 unspecified atom stereocenters. The molecule has 5 rings (SSSR count). The van der Waals surface area contributed by atoms with Crippen molar-refractivity contribution in [2.24, 2.45) is 5.10 Å². The van der Waals surface area contributed by atoms with E-state index in [1.807, 2.05) is 36.4 Å². The van der Waals surface area contributed by atoms with Gasteiger partial charge in [0.25, 0.3) is 5.56 Å². The van der Waals surface area contributed by atoms with E-state index in [0.29, 0.717) is 45.4 Å². The maximum Gasteiger partial charge on any atom is 0.282 e. The third-order valence-corrected chi connectivity index (χ3v) is 7.98. The number of hydrogen-bond donors (Lipinski definition) is 0. The Hall–Kier alpha value is -2.68. The van der Waals surface area contributed by atoms with Gasteiger partial charge in [0.1, 0.15) is 12.4 Å². The van der Waals surface area contributed by atoms with Crippen LogP contribution in [0.25, 0.3) is 10.9 Å². The summed E-state index contributed by atoms with van der Waals surface area (Å²) < 4.78 is 14.8. The lowest BCUT2D eigenvalue weighted by molar-refractivity contribution is 0.284. The Morgan fingerprint density at radius 3 is 2.53 bits per heavy atom. The first-order valence-electron chi connectivity index (χ1n) is 12.4. The topological polar surface area (TPSA) is 65.7 Å². The van der Waals surface area contributed by atoms with E-state index in [-0.39, 0.29) is 11.5 Å². The van der Waals surface area contributed by atoms with Gasteiger partial charge in [-0.25, -0.2) is 4.98 Å². The van der Waals surface area contributed by atoms with Crippen LogP contribution in [0.4, 0.5) is 0 Å². The molecule has 0 spiro atoms. The lowest BCUT2D eigenvalue weighted by atomic mass is 9.88. The van der Waals surface area contributed by atoms with Gasteiger partial charge in [-0.2, -0.15) is 9.78 Å². The fraction of sp³-hybridized carbons (Fsp3) is 0.276. The molecule has 1 aliphatic rings. The van der Waals surface area contributed by atoms with Crippen molar-refractivity contribution in [1.29, 1.82) is 0 Å². The molecular weight excluding hydrogens is 634 g/mol. The van der Waals surface area contributed by atoms with Gasteiger partial charge in [-0.15, -0.1) is 0 Å². The molecule has 0 N–H and O–H groups in total. The Kier molecular flexibility index (Phi) is 8.51. The van der Waals surface area contributed by atoms with Gasteiger partial charge in [-0.05, 0) is 66.4 Å². The number of fused-ring (bicyclic) bond motifs is 1. The summed E-state index contributed by atoms with van der Waals surface area (Å²) in [5.41, 5.74) is 2.17. The van der Waals surface area contributed by atoms with Crippen molar-refractivity contribution >= 4 is 60.6 Å². The van der Waals surface area contributed by atoms with Crippen molar-refractivity contribution in [1.82, 2.24) is 9.66 Å². The zero-order valence-electron chi connectivity index (χ0n) is 20.8. The maximum absolute atomic E-state index is 13.6. The molecule has 38 heavy (non-hydrogen) atoms. The largest absolute Gasteiger partial charge is 0.493 e. The van der Waals surface area contributed by atoms with E-state index in [2.05, 4.69) is 37.0 Å². The van der Waals surface area contributed by atoms with Crippen LogP contribution in [-0.2, 0) is 6.61 Å². The first kappa shape index (κ1) is 26.9. The minimum Gasteiger partial charge on any atom is -0.493 e. The van der Waals surface area contributed by atoms with Crippen molar-refractivity contribution in [2.75, 3.05) is 7.11 Å². The SMILES string of the molecule is COc1cc(C=Nn2c(C3CCCCC3)nc3ccc(Br)cc3c2=O)cc(Cl)c1OCc1ccc(Br)cc1. The second kappa shape index (κ2) is 12.0. The lowest BCUT2D eigenvalue weighted by Crippen LogP contribution is -2.25. The third kappa shape index (κ3) is 5.98. The molecular formula is C29H26Br2ClN3O3. The first-order chi connectivity index (χ1) is 18.4. The highest BCUT2D eigenvalue weighted by atomic mass is 79.9. The molecule has 196 valence electrons. The molecule has 1 aliphatic carbocycles. The Morgan fingerprint density at radius 2 is 1.79 bits per heavy atom. The number of methoxy groups -OCH3 is 1. The monoisotopic (exact) mass is 657 g/mol. The minimum absolute atomic E-state index is 0.189. The summed E-state index contributed by atoms with van der Waals surface area (Å²) in [6.07, 6.45) is 7.06. The van der Waals surface area contributed by atoms with Gasteiger partial charge in [0.15, 0.2) is 11.5 Å². The third-order valence-electron chi connectivity index (χ3n) is 6.67. The summed E-state index contributed by atoms with van der Waals surface area (Å²) in [5, 5.41) is 5.53. The molecule has 1 heterocycles. The molecule has 0 radical (unpaired) electrons. The standard InChI is InChI=1S/C29H26Br2ClN3O3/c1-37-26-14-19(13-24(32)27(26)38-17-18-7-9-21(30)10-8-18)16-33-35-28(20-5-3-2-4-6-20)34-25-12-11-22(31)15-23(25)29(35)36/h7-16,20H,2-6,17H2,1H3. The molecule has 4 aromatic rings. The lowest BCUT2D eigenvalue weighted by Gasteiger charge is -2.22. The zero-order valence-corrected chi connectivity index (χ0v) is 24.7. The summed E-state index contributed by atoms with van der Waals surface area (Å²) in [4.78, 5) is 18.5. The van der Waals surface area contributed by atoms with Crippen molar-refractivity contribution in [2.45, 2.75) is 44.6 Å². The number of benzene rings is 3. The molecule has 1 saturated carbocycles. The van der Waals surface area contributed by atoms with Crippen LogP contribution in [-0.4, -0.2) is 23.0 Å². The van der Waals surface area contributed by atoms with Crippen LogP contribution in [0.15, 0.2) is 73.4 Å². The van der Waals surface area contributed by atoms with Crippen molar-refractivity contribution in [3.63, 3.8) is 0 Å². The van der Waals surface area contributed by atoms with Gasteiger partial charge in [0, 0.05) is 14.9 Å². The van der Waals surface area contributed by atoms with Crippen LogP contribution in [0.3, 0.4) is 0 Å². The fourth-order valence-corrected chi connectivity index (χ4v) is 5.62. The molecule has 0 saturated heterocycles. The highest BCUT2D eigenvalue weighted by Gasteiger charge is 2.22. The maximum atomic E-state index is 13.6. The fourth-order valence-electron chi connectivity index (χ4n) is 4.72. The van der Waals surface area contributed by atoms with E-state index in [0.717, 1.165) is 40.2 Å². The van der Waals surface area contributed by atoms with Crippen molar-refractivity contribution < 1.29 is 9.47 Å². The number of hydrogen-bond acceptors (Lipinski definition) is 5. The molecule has 6 nitrogen and oxygen atoms in total. The van der Waals surface area contributed by atoms with E-state index in [1.54, 1.807) is 31.5 Å². The van der Waals surface area contributed by atoms with Gasteiger partial charge in [-0.3, -0.25) is 4.79 Å². The molecule has 0 aliphatic heterocycles. The smallest absolute Gasteiger partial charge is 0.282 e. The van der Waals surface area contributed by atoms with Gasteiger partial charge in [0.05, 0.1) is 29.2 Å². The molecule has 1 fully saturated rings. The van der Waals surface area contributed by atoms with Crippen LogP contribution < -0.4 is 15.0 Å². The van der Waals surface area contributed by atoms with E-state index >= 15 is 0 Å². The van der Waals surface area contributed by atoms with Gasteiger partial charge >= 0.3 is 0 Å². The second-order valence-electron chi connectivity index (χ2n) is 9.28. The second-order valence-corrected chi connectivity index (χ2v) is 11.5.